The zero-order chi connectivity index (χ0) is 11.4. The van der Waals surface area contributed by atoms with Gasteiger partial charge in [0.25, 0.3) is 0 Å². The molecule has 1 atom stereocenters. The van der Waals surface area contributed by atoms with E-state index in [9.17, 15) is 0 Å². The molecule has 1 unspecified atom stereocenters. The van der Waals surface area contributed by atoms with Gasteiger partial charge < -0.3 is 0 Å². The van der Waals surface area contributed by atoms with Crippen molar-refractivity contribution in [3.63, 3.8) is 0 Å². The van der Waals surface area contributed by atoms with Crippen LogP contribution in [0.4, 0.5) is 5.13 Å². The number of likely N-dealkylation sites (tertiary alicyclic amines) is 1. The van der Waals surface area contributed by atoms with Crippen LogP contribution < -0.4 is 11.3 Å². The first kappa shape index (κ1) is 11.8. The van der Waals surface area contributed by atoms with Crippen molar-refractivity contribution in [1.29, 1.82) is 0 Å². The maximum Gasteiger partial charge on any atom is 0.219 e. The number of rotatable bonds is 3. The molecule has 0 aromatic carbocycles. The summed E-state index contributed by atoms with van der Waals surface area (Å²) in [6.45, 7) is 5.60. The first-order chi connectivity index (χ1) is 7.78. The number of anilines is 1. The van der Waals surface area contributed by atoms with Gasteiger partial charge in [0.2, 0.25) is 5.13 Å². The van der Waals surface area contributed by atoms with E-state index in [0.29, 0.717) is 5.13 Å². The monoisotopic (exact) mass is 241 g/mol. The van der Waals surface area contributed by atoms with E-state index in [1.807, 2.05) is 0 Å². The molecule has 0 saturated carbocycles. The summed E-state index contributed by atoms with van der Waals surface area (Å²) in [5.41, 5.74) is 2.53. The van der Waals surface area contributed by atoms with Gasteiger partial charge in [-0.25, -0.2) is 5.84 Å². The molecule has 6 heteroatoms. The molecule has 2 heterocycles. The minimum atomic E-state index is 0.693. The molecule has 1 saturated heterocycles. The van der Waals surface area contributed by atoms with Crippen LogP contribution in [-0.4, -0.2) is 28.2 Å². The number of nitrogen functional groups attached to an aromatic ring is 1. The molecule has 1 aliphatic rings. The van der Waals surface area contributed by atoms with Crippen molar-refractivity contribution in [1.82, 2.24) is 15.1 Å². The summed E-state index contributed by atoms with van der Waals surface area (Å²) in [6, 6.07) is 0. The molecule has 5 nitrogen and oxygen atoms in total. The van der Waals surface area contributed by atoms with Crippen molar-refractivity contribution < 1.29 is 0 Å². The highest BCUT2D eigenvalue weighted by Crippen LogP contribution is 2.20. The Bertz CT molecular complexity index is 327. The average Bonchev–Trinajstić information content (AvgIpc) is 2.63. The molecule has 90 valence electrons. The van der Waals surface area contributed by atoms with E-state index in [1.54, 1.807) is 0 Å². The highest BCUT2D eigenvalue weighted by atomic mass is 32.1. The fourth-order valence-electron chi connectivity index (χ4n) is 2.05. The lowest BCUT2D eigenvalue weighted by atomic mass is 10.0. The van der Waals surface area contributed by atoms with E-state index in [1.165, 1.54) is 43.7 Å². The van der Waals surface area contributed by atoms with E-state index in [4.69, 9.17) is 5.84 Å². The molecule has 1 aromatic heterocycles. The minimum Gasteiger partial charge on any atom is -0.298 e. The van der Waals surface area contributed by atoms with Crippen LogP contribution in [0.5, 0.6) is 0 Å². The summed E-state index contributed by atoms with van der Waals surface area (Å²) in [5, 5.41) is 9.80. The van der Waals surface area contributed by atoms with Gasteiger partial charge in [-0.2, -0.15) is 0 Å². The quantitative estimate of drug-likeness (QED) is 0.619. The molecule has 0 radical (unpaired) electrons. The number of nitrogens with one attached hydrogen (secondary N) is 1. The van der Waals surface area contributed by atoms with Crippen molar-refractivity contribution in [2.45, 2.75) is 32.7 Å². The second kappa shape index (κ2) is 5.56. The molecule has 0 bridgehead atoms. The van der Waals surface area contributed by atoms with Crippen molar-refractivity contribution >= 4 is 16.5 Å². The largest absolute Gasteiger partial charge is 0.298 e. The Morgan fingerprint density at radius 1 is 1.44 bits per heavy atom. The van der Waals surface area contributed by atoms with Crippen LogP contribution in [0.1, 0.15) is 31.2 Å². The molecule has 1 aliphatic heterocycles. The highest BCUT2D eigenvalue weighted by molar-refractivity contribution is 7.15. The van der Waals surface area contributed by atoms with Gasteiger partial charge in [0, 0.05) is 0 Å². The molecule has 16 heavy (non-hydrogen) atoms. The fraction of sp³-hybridized carbons (Fsp3) is 0.800. The zero-order valence-electron chi connectivity index (χ0n) is 9.65. The number of hydrogen-bond acceptors (Lipinski definition) is 6. The van der Waals surface area contributed by atoms with Crippen LogP contribution in [0.15, 0.2) is 0 Å². The molecule has 1 fully saturated rings. The number of aromatic nitrogens is 2. The number of nitrogens with two attached hydrogens (primary N) is 1. The van der Waals surface area contributed by atoms with Gasteiger partial charge in [-0.3, -0.25) is 10.3 Å². The first-order valence-electron chi connectivity index (χ1n) is 5.79. The Morgan fingerprint density at radius 3 is 3.06 bits per heavy atom. The number of hydrazine groups is 1. The van der Waals surface area contributed by atoms with Gasteiger partial charge in [0.1, 0.15) is 5.01 Å². The first-order valence-corrected chi connectivity index (χ1v) is 6.61. The lowest BCUT2D eigenvalue weighted by molar-refractivity contribution is 0.272. The Morgan fingerprint density at radius 2 is 2.31 bits per heavy atom. The van der Waals surface area contributed by atoms with Gasteiger partial charge >= 0.3 is 0 Å². The van der Waals surface area contributed by atoms with Crippen molar-refractivity contribution in [3.8, 4) is 0 Å². The van der Waals surface area contributed by atoms with Crippen molar-refractivity contribution in [2.24, 2.45) is 11.8 Å². The summed E-state index contributed by atoms with van der Waals surface area (Å²) < 4.78 is 0. The van der Waals surface area contributed by atoms with Crippen LogP contribution in [0.3, 0.4) is 0 Å². The van der Waals surface area contributed by atoms with Gasteiger partial charge in [-0.05, 0) is 38.3 Å². The van der Waals surface area contributed by atoms with Gasteiger partial charge in [0.15, 0.2) is 0 Å². The van der Waals surface area contributed by atoms with E-state index in [-0.39, 0.29) is 0 Å². The van der Waals surface area contributed by atoms with Crippen molar-refractivity contribution in [2.75, 3.05) is 18.5 Å². The maximum absolute atomic E-state index is 5.28. The van der Waals surface area contributed by atoms with Gasteiger partial charge in [-0.15, -0.1) is 10.2 Å². The normalized spacial score (nSPS) is 23.0. The van der Waals surface area contributed by atoms with Crippen LogP contribution in [-0.2, 0) is 6.54 Å². The lowest BCUT2D eigenvalue weighted by Gasteiger charge is -2.17. The molecule has 0 amide bonds. The topological polar surface area (TPSA) is 67.1 Å². The predicted octanol–water partition coefficient (Wildman–Crippen LogP) is 1.45. The molecule has 0 spiro atoms. The van der Waals surface area contributed by atoms with Crippen LogP contribution in [0.2, 0.25) is 0 Å². The third kappa shape index (κ3) is 3.13. The summed E-state index contributed by atoms with van der Waals surface area (Å²) >= 11 is 1.53. The Balaban J connectivity index is 1.88. The third-order valence-electron chi connectivity index (χ3n) is 3.06. The lowest BCUT2D eigenvalue weighted by Crippen LogP contribution is -2.24. The standard InChI is InChI=1S/C10H19N5S/c1-8-3-2-5-15(6-4-8)7-9-13-14-10(12-11)16-9/h8H,2-7,11H2,1H3,(H,12,14). The Hall–Kier alpha value is -0.720. The van der Waals surface area contributed by atoms with Crippen LogP contribution in [0.25, 0.3) is 0 Å². The SMILES string of the molecule is CC1CCCN(Cc2nnc(NN)s2)CC1. The summed E-state index contributed by atoms with van der Waals surface area (Å²) in [6.07, 6.45) is 3.94. The maximum atomic E-state index is 5.28. The molecular formula is C10H19N5S. The Labute approximate surface area is 100 Å². The zero-order valence-corrected chi connectivity index (χ0v) is 10.5. The highest BCUT2D eigenvalue weighted by Gasteiger charge is 2.15. The number of hydrogen-bond donors (Lipinski definition) is 2. The number of nitrogens with zero attached hydrogens (tertiary/aromatic N) is 3. The molecule has 0 aliphatic carbocycles. The predicted molar refractivity (Wildman–Crippen MR) is 66.0 cm³/mol. The Kier molecular flexibility index (Phi) is 4.09. The van der Waals surface area contributed by atoms with Crippen LogP contribution >= 0.6 is 11.3 Å². The summed E-state index contributed by atoms with van der Waals surface area (Å²) in [7, 11) is 0. The smallest absolute Gasteiger partial charge is 0.219 e. The van der Waals surface area contributed by atoms with Gasteiger partial charge in [-0.1, -0.05) is 18.3 Å². The molecule has 2 rings (SSSR count). The second-order valence-corrected chi connectivity index (χ2v) is 5.52. The molecule has 3 N–H and O–H groups in total. The van der Waals surface area contributed by atoms with E-state index < -0.39 is 0 Å². The summed E-state index contributed by atoms with van der Waals surface area (Å²) in [4.78, 5) is 2.46. The van der Waals surface area contributed by atoms with Crippen LogP contribution in [0, 0.1) is 5.92 Å². The van der Waals surface area contributed by atoms with E-state index >= 15 is 0 Å². The van der Waals surface area contributed by atoms with Crippen molar-refractivity contribution in [3.05, 3.63) is 5.01 Å². The van der Waals surface area contributed by atoms with E-state index in [2.05, 4.69) is 27.4 Å². The van der Waals surface area contributed by atoms with Gasteiger partial charge in [0.05, 0.1) is 6.54 Å². The molecular weight excluding hydrogens is 222 g/mol. The fourth-order valence-corrected chi connectivity index (χ4v) is 2.74. The average molecular weight is 241 g/mol. The molecule has 1 aromatic rings. The third-order valence-corrected chi connectivity index (χ3v) is 3.90. The van der Waals surface area contributed by atoms with E-state index in [0.717, 1.165) is 17.5 Å². The summed E-state index contributed by atoms with van der Waals surface area (Å²) in [5.74, 6) is 6.15. The second-order valence-electron chi connectivity index (χ2n) is 4.46. The minimum absolute atomic E-state index is 0.693.